The second-order valence-electron chi connectivity index (χ2n) is 6.24. The van der Waals surface area contributed by atoms with E-state index in [0.717, 1.165) is 5.56 Å². The lowest BCUT2D eigenvalue weighted by atomic mass is 10.2. The van der Waals surface area contributed by atoms with Crippen LogP contribution in [0.25, 0.3) is 0 Å². The van der Waals surface area contributed by atoms with E-state index in [2.05, 4.69) is 46.0 Å². The lowest BCUT2D eigenvalue weighted by molar-refractivity contribution is 0.0872. The standard InChI is InChI=1S/C16H26O2Si/c1-7-15(18-19(5,6)16(2,3)4)17-13-14-11-9-8-10-12-14/h7-12H,13H2,1-6H3/b15-7-. The fourth-order valence-corrected chi connectivity index (χ4v) is 2.29. The Balaban J connectivity index is 2.61. The first kappa shape index (κ1) is 15.8. The molecule has 1 rings (SSSR count). The normalized spacial score (nSPS) is 13.3. The molecule has 0 spiro atoms. The first-order chi connectivity index (χ1) is 8.76. The minimum Gasteiger partial charge on any atom is -0.519 e. The van der Waals surface area contributed by atoms with E-state index in [1.807, 2.05) is 31.2 Å². The van der Waals surface area contributed by atoms with Crippen LogP contribution in [0.5, 0.6) is 0 Å². The van der Waals surface area contributed by atoms with E-state index in [0.29, 0.717) is 12.6 Å². The summed E-state index contributed by atoms with van der Waals surface area (Å²) in [6.45, 7) is 13.6. The second-order valence-corrected chi connectivity index (χ2v) is 11.0. The predicted molar refractivity (Wildman–Crippen MR) is 83.3 cm³/mol. The van der Waals surface area contributed by atoms with E-state index in [-0.39, 0.29) is 5.04 Å². The molecule has 1 aromatic rings. The molecule has 106 valence electrons. The van der Waals surface area contributed by atoms with Crippen molar-refractivity contribution in [3.8, 4) is 0 Å². The molecule has 0 aliphatic carbocycles. The van der Waals surface area contributed by atoms with Gasteiger partial charge in [-0.3, -0.25) is 0 Å². The van der Waals surface area contributed by atoms with Gasteiger partial charge in [-0.2, -0.15) is 0 Å². The van der Waals surface area contributed by atoms with Gasteiger partial charge in [0.25, 0.3) is 14.3 Å². The SMILES string of the molecule is C/C=C(/OCc1ccccc1)O[Si](C)(C)C(C)(C)C. The van der Waals surface area contributed by atoms with Crippen LogP contribution in [0, 0.1) is 0 Å². The van der Waals surface area contributed by atoms with E-state index in [4.69, 9.17) is 9.16 Å². The van der Waals surface area contributed by atoms with Crippen LogP contribution in [0.15, 0.2) is 42.4 Å². The van der Waals surface area contributed by atoms with Crippen molar-refractivity contribution in [3.63, 3.8) is 0 Å². The highest BCUT2D eigenvalue weighted by molar-refractivity contribution is 6.74. The highest BCUT2D eigenvalue weighted by Crippen LogP contribution is 2.38. The molecular formula is C16H26O2Si. The molecule has 19 heavy (non-hydrogen) atoms. The van der Waals surface area contributed by atoms with Gasteiger partial charge in [-0.05, 0) is 36.7 Å². The lowest BCUT2D eigenvalue weighted by Gasteiger charge is -2.36. The molecule has 0 aliphatic rings. The van der Waals surface area contributed by atoms with E-state index >= 15 is 0 Å². The molecule has 2 nitrogen and oxygen atoms in total. The molecule has 0 amide bonds. The van der Waals surface area contributed by atoms with Gasteiger partial charge in [-0.25, -0.2) is 0 Å². The Morgan fingerprint density at radius 1 is 1.16 bits per heavy atom. The lowest BCUT2D eigenvalue weighted by Crippen LogP contribution is -2.40. The van der Waals surface area contributed by atoms with E-state index in [9.17, 15) is 0 Å². The van der Waals surface area contributed by atoms with Gasteiger partial charge in [0.2, 0.25) is 0 Å². The van der Waals surface area contributed by atoms with Crippen LogP contribution in [-0.2, 0) is 15.8 Å². The third-order valence-electron chi connectivity index (χ3n) is 3.62. The smallest absolute Gasteiger partial charge is 0.261 e. The molecule has 0 atom stereocenters. The van der Waals surface area contributed by atoms with Crippen molar-refractivity contribution in [3.05, 3.63) is 47.9 Å². The first-order valence-electron chi connectivity index (χ1n) is 6.78. The maximum Gasteiger partial charge on any atom is 0.261 e. The average Bonchev–Trinajstić information content (AvgIpc) is 2.34. The summed E-state index contributed by atoms with van der Waals surface area (Å²) >= 11 is 0. The number of ether oxygens (including phenoxy) is 1. The van der Waals surface area contributed by atoms with Crippen LogP contribution in [0.2, 0.25) is 18.1 Å². The van der Waals surface area contributed by atoms with Gasteiger partial charge < -0.3 is 9.16 Å². The van der Waals surface area contributed by atoms with Gasteiger partial charge in [0.1, 0.15) is 6.61 Å². The Kier molecular flexibility index (Phi) is 5.24. The monoisotopic (exact) mass is 278 g/mol. The fourth-order valence-electron chi connectivity index (χ4n) is 1.30. The van der Waals surface area contributed by atoms with E-state index < -0.39 is 8.32 Å². The van der Waals surface area contributed by atoms with Crippen molar-refractivity contribution in [1.82, 2.24) is 0 Å². The number of rotatable bonds is 5. The van der Waals surface area contributed by atoms with Crippen molar-refractivity contribution in [2.75, 3.05) is 0 Å². The van der Waals surface area contributed by atoms with Crippen molar-refractivity contribution in [2.24, 2.45) is 0 Å². The summed E-state index contributed by atoms with van der Waals surface area (Å²) in [5.41, 5.74) is 1.15. The van der Waals surface area contributed by atoms with Crippen LogP contribution >= 0.6 is 0 Å². The summed E-state index contributed by atoms with van der Waals surface area (Å²) in [5, 5.41) is 0.178. The van der Waals surface area contributed by atoms with Crippen LogP contribution in [0.3, 0.4) is 0 Å². The number of benzene rings is 1. The molecule has 0 aliphatic heterocycles. The molecule has 0 bridgehead atoms. The minimum atomic E-state index is -1.82. The fraction of sp³-hybridized carbons (Fsp3) is 0.500. The molecule has 0 aromatic heterocycles. The van der Waals surface area contributed by atoms with Crippen molar-refractivity contribution in [2.45, 2.75) is 52.4 Å². The molecular weight excluding hydrogens is 252 g/mol. The highest BCUT2D eigenvalue weighted by atomic mass is 28.4. The van der Waals surface area contributed by atoms with Crippen LogP contribution in [-0.4, -0.2) is 8.32 Å². The minimum absolute atomic E-state index is 0.178. The summed E-state index contributed by atoms with van der Waals surface area (Å²) in [6, 6.07) is 10.1. The zero-order valence-corrected chi connectivity index (χ0v) is 14.0. The highest BCUT2D eigenvalue weighted by Gasteiger charge is 2.39. The zero-order valence-electron chi connectivity index (χ0n) is 13.0. The molecule has 0 unspecified atom stereocenters. The third-order valence-corrected chi connectivity index (χ3v) is 7.95. The number of allylic oxidation sites excluding steroid dienone is 1. The molecule has 0 radical (unpaired) electrons. The molecule has 0 N–H and O–H groups in total. The molecule has 1 aromatic carbocycles. The van der Waals surface area contributed by atoms with Gasteiger partial charge in [-0.1, -0.05) is 51.1 Å². The molecule has 0 saturated carbocycles. The second kappa shape index (κ2) is 6.28. The Hall–Kier alpha value is -1.22. The van der Waals surface area contributed by atoms with Gasteiger partial charge in [0, 0.05) is 0 Å². The van der Waals surface area contributed by atoms with Gasteiger partial charge in [0.15, 0.2) is 0 Å². The molecule has 0 heterocycles. The van der Waals surface area contributed by atoms with Gasteiger partial charge in [0.05, 0.1) is 0 Å². The van der Waals surface area contributed by atoms with Crippen LogP contribution < -0.4 is 0 Å². The first-order valence-corrected chi connectivity index (χ1v) is 9.69. The van der Waals surface area contributed by atoms with Crippen LogP contribution in [0.4, 0.5) is 0 Å². The van der Waals surface area contributed by atoms with Gasteiger partial charge >= 0.3 is 0 Å². The maximum absolute atomic E-state index is 6.15. The predicted octanol–water partition coefficient (Wildman–Crippen LogP) is 5.09. The molecule has 0 fully saturated rings. The summed E-state index contributed by atoms with van der Waals surface area (Å²) < 4.78 is 11.9. The summed E-state index contributed by atoms with van der Waals surface area (Å²) in [4.78, 5) is 0. The summed E-state index contributed by atoms with van der Waals surface area (Å²) in [6.07, 6.45) is 1.91. The zero-order chi connectivity index (χ0) is 14.5. The van der Waals surface area contributed by atoms with E-state index in [1.54, 1.807) is 0 Å². The topological polar surface area (TPSA) is 18.5 Å². The van der Waals surface area contributed by atoms with Crippen molar-refractivity contribution < 1.29 is 9.16 Å². The van der Waals surface area contributed by atoms with Gasteiger partial charge in [-0.15, -0.1) is 0 Å². The Bertz CT molecular complexity index is 416. The van der Waals surface area contributed by atoms with Crippen molar-refractivity contribution >= 4 is 8.32 Å². The third kappa shape index (κ3) is 4.75. The summed E-state index contributed by atoms with van der Waals surface area (Å²) in [5.74, 6) is 0.649. The number of hydrogen-bond donors (Lipinski definition) is 0. The van der Waals surface area contributed by atoms with E-state index in [1.165, 1.54) is 0 Å². The maximum atomic E-state index is 6.15. The Morgan fingerprint density at radius 2 is 1.74 bits per heavy atom. The molecule has 0 saturated heterocycles. The van der Waals surface area contributed by atoms with Crippen LogP contribution in [0.1, 0.15) is 33.3 Å². The Labute approximate surface area is 118 Å². The average molecular weight is 278 g/mol. The number of hydrogen-bond acceptors (Lipinski definition) is 2. The molecule has 3 heteroatoms. The Morgan fingerprint density at radius 3 is 2.21 bits per heavy atom. The summed E-state index contributed by atoms with van der Waals surface area (Å²) in [7, 11) is -1.82. The largest absolute Gasteiger partial charge is 0.519 e. The van der Waals surface area contributed by atoms with Crippen molar-refractivity contribution in [1.29, 1.82) is 0 Å². The quantitative estimate of drug-likeness (QED) is 0.552.